The lowest BCUT2D eigenvalue weighted by atomic mass is 9.69. The molecule has 33 heavy (non-hydrogen) atoms. The van der Waals surface area contributed by atoms with Gasteiger partial charge in [0.15, 0.2) is 0 Å². The Bertz CT molecular complexity index is 1290. The minimum absolute atomic E-state index is 0.00238. The third-order valence-corrected chi connectivity index (χ3v) is 8.63. The SMILES string of the molecule is CCC1(CC)c2ccccc2-c2c(-c3ccccc3)c(CBr)c(CBr)c(-c3ccccc3)c21. The minimum atomic E-state index is 0.00238. The fourth-order valence-corrected chi connectivity index (χ4v) is 7.22. The summed E-state index contributed by atoms with van der Waals surface area (Å²) in [6.07, 6.45) is 2.16. The lowest BCUT2D eigenvalue weighted by Crippen LogP contribution is -2.24. The van der Waals surface area contributed by atoms with Crippen LogP contribution < -0.4 is 0 Å². The molecular formula is C31H28Br2. The van der Waals surface area contributed by atoms with Crippen LogP contribution in [0.25, 0.3) is 33.4 Å². The van der Waals surface area contributed by atoms with E-state index in [1.54, 1.807) is 0 Å². The Morgan fingerprint density at radius 2 is 1.06 bits per heavy atom. The van der Waals surface area contributed by atoms with Gasteiger partial charge in [-0.2, -0.15) is 0 Å². The van der Waals surface area contributed by atoms with Crippen molar-refractivity contribution in [1.29, 1.82) is 0 Å². The Labute approximate surface area is 214 Å². The van der Waals surface area contributed by atoms with Gasteiger partial charge in [0.05, 0.1) is 0 Å². The molecule has 0 bridgehead atoms. The third-order valence-electron chi connectivity index (χ3n) is 7.51. The zero-order chi connectivity index (χ0) is 23.0. The predicted molar refractivity (Wildman–Crippen MR) is 149 cm³/mol. The minimum Gasteiger partial charge on any atom is -0.0876 e. The van der Waals surface area contributed by atoms with Gasteiger partial charge in [-0.25, -0.2) is 0 Å². The van der Waals surface area contributed by atoms with Gasteiger partial charge in [-0.05, 0) is 68.5 Å². The largest absolute Gasteiger partial charge is 0.0876 e. The Balaban J connectivity index is 2.06. The summed E-state index contributed by atoms with van der Waals surface area (Å²) in [6, 6.07) is 31.1. The molecular weight excluding hydrogens is 532 g/mol. The Morgan fingerprint density at radius 1 is 0.576 bits per heavy atom. The van der Waals surface area contributed by atoms with Crippen LogP contribution in [-0.4, -0.2) is 0 Å². The quantitative estimate of drug-likeness (QED) is 0.206. The van der Waals surface area contributed by atoms with Crippen LogP contribution in [0.1, 0.15) is 48.9 Å². The van der Waals surface area contributed by atoms with E-state index in [1.807, 2.05) is 0 Å². The van der Waals surface area contributed by atoms with Crippen molar-refractivity contribution in [1.82, 2.24) is 0 Å². The molecule has 5 rings (SSSR count). The van der Waals surface area contributed by atoms with E-state index in [4.69, 9.17) is 0 Å². The molecule has 0 N–H and O–H groups in total. The number of alkyl halides is 2. The van der Waals surface area contributed by atoms with Crippen molar-refractivity contribution in [2.24, 2.45) is 0 Å². The molecule has 0 fully saturated rings. The molecule has 0 heterocycles. The first kappa shape index (κ1) is 22.6. The van der Waals surface area contributed by atoms with Gasteiger partial charge in [-0.1, -0.05) is 131 Å². The molecule has 0 saturated carbocycles. The highest BCUT2D eigenvalue weighted by molar-refractivity contribution is 9.09. The van der Waals surface area contributed by atoms with E-state index in [9.17, 15) is 0 Å². The second kappa shape index (κ2) is 9.24. The van der Waals surface area contributed by atoms with Gasteiger partial charge in [0.25, 0.3) is 0 Å². The standard InChI is InChI=1S/C31H28Br2/c1-3-31(4-2)26-18-12-11-17-23(26)29-27(21-13-7-5-8-14-21)24(19-32)25(20-33)28(30(29)31)22-15-9-6-10-16-22/h5-18H,3-4,19-20H2,1-2H3. The third kappa shape index (κ3) is 3.37. The van der Waals surface area contributed by atoms with Crippen LogP contribution >= 0.6 is 31.9 Å². The second-order valence-electron chi connectivity index (χ2n) is 8.79. The average Bonchev–Trinajstić information content (AvgIpc) is 3.18. The summed E-state index contributed by atoms with van der Waals surface area (Å²) in [5.41, 5.74) is 14.0. The molecule has 0 saturated heterocycles. The van der Waals surface area contributed by atoms with E-state index < -0.39 is 0 Å². The first-order valence-corrected chi connectivity index (χ1v) is 14.0. The van der Waals surface area contributed by atoms with Crippen molar-refractivity contribution in [2.75, 3.05) is 0 Å². The number of hydrogen-bond acceptors (Lipinski definition) is 0. The molecule has 0 aromatic heterocycles. The molecule has 0 spiro atoms. The Kier molecular flexibility index (Phi) is 6.33. The van der Waals surface area contributed by atoms with Gasteiger partial charge in [0.2, 0.25) is 0 Å². The van der Waals surface area contributed by atoms with Gasteiger partial charge >= 0.3 is 0 Å². The fourth-order valence-electron chi connectivity index (χ4n) is 5.98. The van der Waals surface area contributed by atoms with Gasteiger partial charge in [0.1, 0.15) is 0 Å². The Hall–Kier alpha value is -2.16. The Morgan fingerprint density at radius 3 is 1.61 bits per heavy atom. The number of hydrogen-bond donors (Lipinski definition) is 0. The summed E-state index contributed by atoms with van der Waals surface area (Å²) >= 11 is 7.80. The molecule has 1 aliphatic carbocycles. The fraction of sp³-hybridized carbons (Fsp3) is 0.226. The van der Waals surface area contributed by atoms with Crippen LogP contribution in [0.4, 0.5) is 0 Å². The number of halogens is 2. The van der Waals surface area contributed by atoms with E-state index in [1.165, 1.54) is 55.6 Å². The summed E-state index contributed by atoms with van der Waals surface area (Å²) in [6.45, 7) is 4.72. The first-order valence-electron chi connectivity index (χ1n) is 11.8. The number of fused-ring (bicyclic) bond motifs is 3. The summed E-state index contributed by atoms with van der Waals surface area (Å²) in [4.78, 5) is 0. The van der Waals surface area contributed by atoms with Crippen molar-refractivity contribution in [3.8, 4) is 33.4 Å². The van der Waals surface area contributed by atoms with E-state index in [2.05, 4.69) is 131 Å². The van der Waals surface area contributed by atoms with Crippen molar-refractivity contribution in [3.05, 3.63) is 107 Å². The topological polar surface area (TPSA) is 0 Å². The normalized spacial score (nSPS) is 13.6. The molecule has 4 aromatic carbocycles. The molecule has 4 aromatic rings. The molecule has 0 amide bonds. The molecule has 166 valence electrons. The van der Waals surface area contributed by atoms with Crippen LogP contribution in [0.2, 0.25) is 0 Å². The summed E-state index contributed by atoms with van der Waals surface area (Å²) in [5, 5.41) is 1.64. The molecule has 0 nitrogen and oxygen atoms in total. The van der Waals surface area contributed by atoms with Gasteiger partial charge < -0.3 is 0 Å². The van der Waals surface area contributed by atoms with E-state index in [0.717, 1.165) is 23.5 Å². The van der Waals surface area contributed by atoms with Crippen molar-refractivity contribution >= 4 is 31.9 Å². The molecule has 0 aliphatic heterocycles. The maximum absolute atomic E-state index is 3.91. The molecule has 1 aliphatic rings. The predicted octanol–water partition coefficient (Wildman–Crippen LogP) is 9.90. The van der Waals surface area contributed by atoms with Crippen molar-refractivity contribution in [3.63, 3.8) is 0 Å². The van der Waals surface area contributed by atoms with Crippen molar-refractivity contribution in [2.45, 2.75) is 42.8 Å². The van der Waals surface area contributed by atoms with Crippen LogP contribution in [0.3, 0.4) is 0 Å². The number of rotatable bonds is 6. The summed E-state index contributed by atoms with van der Waals surface area (Å²) in [7, 11) is 0. The summed E-state index contributed by atoms with van der Waals surface area (Å²) in [5.74, 6) is 0. The summed E-state index contributed by atoms with van der Waals surface area (Å²) < 4.78 is 0. The van der Waals surface area contributed by atoms with E-state index in [-0.39, 0.29) is 5.41 Å². The highest BCUT2D eigenvalue weighted by Crippen LogP contribution is 2.60. The smallest absolute Gasteiger partial charge is 0.0292 e. The van der Waals surface area contributed by atoms with Gasteiger partial charge in [0, 0.05) is 16.1 Å². The maximum atomic E-state index is 3.91. The molecule has 0 unspecified atom stereocenters. The van der Waals surface area contributed by atoms with Crippen molar-refractivity contribution < 1.29 is 0 Å². The highest BCUT2D eigenvalue weighted by Gasteiger charge is 2.45. The zero-order valence-electron chi connectivity index (χ0n) is 19.2. The molecule has 2 heteroatoms. The van der Waals surface area contributed by atoms with Crippen LogP contribution in [-0.2, 0) is 16.1 Å². The first-order chi connectivity index (χ1) is 16.2. The van der Waals surface area contributed by atoms with Crippen LogP contribution in [0.15, 0.2) is 84.9 Å². The monoisotopic (exact) mass is 558 g/mol. The highest BCUT2D eigenvalue weighted by atomic mass is 79.9. The number of benzene rings is 4. The van der Waals surface area contributed by atoms with Crippen LogP contribution in [0.5, 0.6) is 0 Å². The van der Waals surface area contributed by atoms with E-state index in [0.29, 0.717) is 0 Å². The van der Waals surface area contributed by atoms with E-state index >= 15 is 0 Å². The lowest BCUT2D eigenvalue weighted by Gasteiger charge is -2.34. The maximum Gasteiger partial charge on any atom is 0.0292 e. The average molecular weight is 560 g/mol. The van der Waals surface area contributed by atoms with Gasteiger partial charge in [-0.3, -0.25) is 0 Å². The van der Waals surface area contributed by atoms with Gasteiger partial charge in [-0.15, -0.1) is 0 Å². The molecule has 0 radical (unpaired) electrons. The lowest BCUT2D eigenvalue weighted by molar-refractivity contribution is 0.491. The van der Waals surface area contributed by atoms with Crippen LogP contribution in [0, 0.1) is 0 Å². The zero-order valence-corrected chi connectivity index (χ0v) is 22.3. The second-order valence-corrected chi connectivity index (χ2v) is 9.91. The molecule has 0 atom stereocenters.